The first-order valence-electron chi connectivity index (χ1n) is 4.34. The number of amides is 1. The van der Waals surface area contributed by atoms with E-state index >= 15 is 0 Å². The van der Waals surface area contributed by atoms with Gasteiger partial charge >= 0.3 is 12.3 Å². The first-order chi connectivity index (χ1) is 7.83. The third-order valence-corrected chi connectivity index (χ3v) is 1.69. The van der Waals surface area contributed by atoms with Crippen LogP contribution < -0.4 is 11.1 Å². The van der Waals surface area contributed by atoms with Gasteiger partial charge in [0.25, 0.3) is 5.91 Å². The largest absolute Gasteiger partial charge is 0.382 e. The number of hydrogen-bond donors (Lipinski definition) is 2. The van der Waals surface area contributed by atoms with Gasteiger partial charge in [0.15, 0.2) is 0 Å². The molecule has 1 aromatic rings. The number of anilines is 1. The number of alkyl halides is 4. The van der Waals surface area contributed by atoms with Crippen LogP contribution in [0.4, 0.5) is 23.4 Å². The number of carbonyl (C=O) groups excluding carboxylic acids is 1. The molecule has 9 heteroatoms. The Kier molecular flexibility index (Phi) is 3.81. The van der Waals surface area contributed by atoms with Crippen molar-refractivity contribution in [2.45, 2.75) is 12.3 Å². The van der Waals surface area contributed by atoms with Gasteiger partial charge < -0.3 is 11.1 Å². The van der Waals surface area contributed by atoms with Gasteiger partial charge in [0, 0.05) is 0 Å². The van der Waals surface area contributed by atoms with Crippen molar-refractivity contribution >= 4 is 11.7 Å². The second-order valence-electron chi connectivity index (χ2n) is 3.07. The molecule has 0 atom stereocenters. The van der Waals surface area contributed by atoms with E-state index in [9.17, 15) is 22.4 Å². The van der Waals surface area contributed by atoms with Gasteiger partial charge in [-0.2, -0.15) is 8.78 Å². The molecule has 1 rings (SSSR count). The van der Waals surface area contributed by atoms with Crippen molar-refractivity contribution in [3.8, 4) is 0 Å². The molecule has 17 heavy (non-hydrogen) atoms. The summed E-state index contributed by atoms with van der Waals surface area (Å²) in [6.45, 7) is -1.49. The Morgan fingerprint density at radius 1 is 1.47 bits per heavy atom. The van der Waals surface area contributed by atoms with Crippen LogP contribution in [0.15, 0.2) is 12.4 Å². The fourth-order valence-corrected chi connectivity index (χ4v) is 0.856. The topological polar surface area (TPSA) is 80.9 Å². The highest BCUT2D eigenvalue weighted by Gasteiger charge is 2.40. The lowest BCUT2D eigenvalue weighted by Crippen LogP contribution is -2.41. The van der Waals surface area contributed by atoms with Gasteiger partial charge in [-0.05, 0) is 0 Å². The molecule has 0 fully saturated rings. The molecule has 0 spiro atoms. The zero-order valence-corrected chi connectivity index (χ0v) is 8.33. The smallest absolute Gasteiger partial charge is 0.324 e. The van der Waals surface area contributed by atoms with Crippen molar-refractivity contribution in [1.29, 1.82) is 0 Å². The molecule has 0 aliphatic carbocycles. The number of nitrogens with zero attached hydrogens (tertiary/aromatic N) is 2. The van der Waals surface area contributed by atoms with Gasteiger partial charge in [0.05, 0.1) is 18.9 Å². The molecule has 0 aliphatic rings. The first-order valence-corrected chi connectivity index (χ1v) is 4.34. The number of rotatable bonds is 4. The molecule has 94 valence electrons. The van der Waals surface area contributed by atoms with Crippen molar-refractivity contribution in [1.82, 2.24) is 15.3 Å². The third kappa shape index (κ3) is 3.54. The van der Waals surface area contributed by atoms with Gasteiger partial charge in [-0.1, -0.05) is 0 Å². The number of halogens is 4. The zero-order chi connectivity index (χ0) is 13.1. The molecule has 0 saturated carbocycles. The minimum absolute atomic E-state index is 0.0849. The second kappa shape index (κ2) is 4.93. The molecule has 0 unspecified atom stereocenters. The van der Waals surface area contributed by atoms with Gasteiger partial charge in [0.2, 0.25) is 0 Å². The predicted octanol–water partition coefficient (Wildman–Crippen LogP) is 0.689. The summed E-state index contributed by atoms with van der Waals surface area (Å²) in [7, 11) is 0. The van der Waals surface area contributed by atoms with Crippen LogP contribution in [0.1, 0.15) is 10.5 Å². The van der Waals surface area contributed by atoms with Crippen molar-refractivity contribution < 1.29 is 22.4 Å². The molecule has 1 aromatic heterocycles. The monoisotopic (exact) mass is 252 g/mol. The number of carbonyl (C=O) groups is 1. The standard InChI is InChI=1S/C8H8F4N4O/c9-7(10)8(11,12)3-15-6(17)4-1-14-2-5(13)16-4/h1-2,7H,3H2,(H2,13,16)(H,15,17). The van der Waals surface area contributed by atoms with Gasteiger partial charge in [0.1, 0.15) is 11.5 Å². The first kappa shape index (κ1) is 13.1. The Hall–Kier alpha value is -1.93. The summed E-state index contributed by atoms with van der Waals surface area (Å²) in [4.78, 5) is 18.2. The molecule has 1 amide bonds. The molecule has 0 aromatic carbocycles. The highest BCUT2D eigenvalue weighted by atomic mass is 19.3. The fraction of sp³-hybridized carbons (Fsp3) is 0.375. The third-order valence-electron chi connectivity index (χ3n) is 1.69. The van der Waals surface area contributed by atoms with E-state index in [1.165, 1.54) is 0 Å². The number of aromatic nitrogens is 2. The minimum atomic E-state index is -4.29. The Bertz CT molecular complexity index is 412. The highest BCUT2D eigenvalue weighted by molar-refractivity contribution is 5.92. The second-order valence-corrected chi connectivity index (χ2v) is 3.07. The average Bonchev–Trinajstić information content (AvgIpc) is 2.25. The van der Waals surface area contributed by atoms with Gasteiger partial charge in [-0.3, -0.25) is 9.78 Å². The van der Waals surface area contributed by atoms with E-state index < -0.39 is 24.8 Å². The van der Waals surface area contributed by atoms with E-state index in [0.29, 0.717) is 0 Å². The lowest BCUT2D eigenvalue weighted by Gasteiger charge is -2.15. The lowest BCUT2D eigenvalue weighted by atomic mass is 10.3. The van der Waals surface area contributed by atoms with Gasteiger partial charge in [-0.25, -0.2) is 13.8 Å². The molecule has 0 radical (unpaired) electrons. The van der Waals surface area contributed by atoms with Crippen LogP contribution in [0, 0.1) is 0 Å². The highest BCUT2D eigenvalue weighted by Crippen LogP contribution is 2.21. The number of nitrogens with one attached hydrogen (secondary N) is 1. The maximum atomic E-state index is 12.5. The SMILES string of the molecule is Nc1cncc(C(=O)NCC(F)(F)C(F)F)n1. The molecule has 3 N–H and O–H groups in total. The molecule has 1 heterocycles. The van der Waals surface area contributed by atoms with Crippen molar-refractivity contribution in [2.24, 2.45) is 0 Å². The molecule has 5 nitrogen and oxygen atoms in total. The predicted molar refractivity (Wildman–Crippen MR) is 49.7 cm³/mol. The Labute approximate surface area is 93.0 Å². The molecular formula is C8H8F4N4O. The van der Waals surface area contributed by atoms with E-state index in [1.54, 1.807) is 5.32 Å². The van der Waals surface area contributed by atoms with Crippen LogP contribution >= 0.6 is 0 Å². The van der Waals surface area contributed by atoms with Gasteiger partial charge in [-0.15, -0.1) is 0 Å². The molecular weight excluding hydrogens is 244 g/mol. The maximum Gasteiger partial charge on any atom is 0.324 e. The van der Waals surface area contributed by atoms with Crippen LogP contribution in [0.25, 0.3) is 0 Å². The number of hydrogen-bond acceptors (Lipinski definition) is 4. The van der Waals surface area contributed by atoms with Crippen LogP contribution in [0.2, 0.25) is 0 Å². The summed E-state index contributed by atoms with van der Waals surface area (Å²) in [5.41, 5.74) is 4.88. The molecule has 0 aliphatic heterocycles. The van der Waals surface area contributed by atoms with E-state index in [4.69, 9.17) is 5.73 Å². The Morgan fingerprint density at radius 2 is 2.12 bits per heavy atom. The summed E-state index contributed by atoms with van der Waals surface area (Å²) in [5.74, 6) is -5.42. The van der Waals surface area contributed by atoms with Crippen molar-refractivity contribution in [2.75, 3.05) is 12.3 Å². The maximum absolute atomic E-state index is 12.5. The Balaban J connectivity index is 2.62. The van der Waals surface area contributed by atoms with E-state index in [-0.39, 0.29) is 11.5 Å². The van der Waals surface area contributed by atoms with E-state index in [2.05, 4.69) is 9.97 Å². The molecule has 0 bridgehead atoms. The summed E-state index contributed by atoms with van der Waals surface area (Å²) in [5, 5.41) is 1.62. The van der Waals surface area contributed by atoms with Crippen molar-refractivity contribution in [3.63, 3.8) is 0 Å². The molecule has 0 saturated heterocycles. The normalized spacial score (nSPS) is 11.6. The number of nitrogen functional groups attached to an aromatic ring is 1. The quantitative estimate of drug-likeness (QED) is 0.772. The number of nitrogens with two attached hydrogens (primary N) is 1. The van der Waals surface area contributed by atoms with E-state index in [0.717, 1.165) is 12.4 Å². The summed E-state index contributed by atoms with van der Waals surface area (Å²) < 4.78 is 48.5. The summed E-state index contributed by atoms with van der Waals surface area (Å²) in [6, 6.07) is 0. The summed E-state index contributed by atoms with van der Waals surface area (Å²) >= 11 is 0. The van der Waals surface area contributed by atoms with Crippen LogP contribution in [0.5, 0.6) is 0 Å². The lowest BCUT2D eigenvalue weighted by molar-refractivity contribution is -0.123. The fourth-order valence-electron chi connectivity index (χ4n) is 0.856. The van der Waals surface area contributed by atoms with Crippen LogP contribution in [0.3, 0.4) is 0 Å². The minimum Gasteiger partial charge on any atom is -0.382 e. The van der Waals surface area contributed by atoms with Crippen LogP contribution in [-0.4, -0.2) is 34.8 Å². The van der Waals surface area contributed by atoms with Crippen molar-refractivity contribution in [3.05, 3.63) is 18.1 Å². The zero-order valence-electron chi connectivity index (χ0n) is 8.33. The Morgan fingerprint density at radius 3 is 2.65 bits per heavy atom. The average molecular weight is 252 g/mol. The van der Waals surface area contributed by atoms with E-state index in [1.807, 2.05) is 0 Å². The van der Waals surface area contributed by atoms with Crippen LogP contribution in [-0.2, 0) is 0 Å². The summed E-state index contributed by atoms with van der Waals surface area (Å²) in [6.07, 6.45) is -1.73.